The molecule has 1 aliphatic heterocycles. The van der Waals surface area contributed by atoms with Crippen molar-refractivity contribution in [2.45, 2.75) is 25.4 Å². The molecule has 3 rings (SSSR count). The molecule has 0 aromatic carbocycles. The zero-order chi connectivity index (χ0) is 15.4. The molecule has 0 radical (unpaired) electrons. The first-order valence-corrected chi connectivity index (χ1v) is 7.02. The number of rotatable bonds is 2. The van der Waals surface area contributed by atoms with Crippen LogP contribution >= 0.6 is 0 Å². The molecule has 3 aliphatic rings. The SMILES string of the molecule is O=C([C@@H]1C[C@H]2C=C[C@H]1C2)N1CC[C@@](C(=O)O)(C(F)(F)F)C1. The van der Waals surface area contributed by atoms with Crippen LogP contribution in [0.2, 0.25) is 0 Å². The molecule has 0 aromatic heterocycles. The van der Waals surface area contributed by atoms with Crippen LogP contribution in [0.25, 0.3) is 0 Å². The Morgan fingerprint density at radius 2 is 1.95 bits per heavy atom. The van der Waals surface area contributed by atoms with Gasteiger partial charge < -0.3 is 10.0 Å². The number of carbonyl (C=O) groups excluding carboxylic acids is 1. The van der Waals surface area contributed by atoms with E-state index in [1.165, 1.54) is 0 Å². The first-order chi connectivity index (χ1) is 9.74. The average molecular weight is 303 g/mol. The van der Waals surface area contributed by atoms with E-state index in [4.69, 9.17) is 5.11 Å². The normalized spacial score (nSPS) is 38.2. The number of likely N-dealkylation sites (tertiary alicyclic amines) is 1. The smallest absolute Gasteiger partial charge is 0.406 e. The summed E-state index contributed by atoms with van der Waals surface area (Å²) in [6.07, 6.45) is 0.156. The molecular weight excluding hydrogens is 287 g/mol. The van der Waals surface area contributed by atoms with Gasteiger partial charge in [0.25, 0.3) is 0 Å². The lowest BCUT2D eigenvalue weighted by atomic mass is 9.86. The highest BCUT2D eigenvalue weighted by atomic mass is 19.4. The van der Waals surface area contributed by atoms with Crippen LogP contribution in [-0.4, -0.2) is 41.1 Å². The molecule has 2 bridgehead atoms. The van der Waals surface area contributed by atoms with E-state index in [2.05, 4.69) is 6.08 Å². The fraction of sp³-hybridized carbons (Fsp3) is 0.714. The van der Waals surface area contributed by atoms with Gasteiger partial charge in [-0.25, -0.2) is 0 Å². The lowest BCUT2D eigenvalue weighted by molar-refractivity contribution is -0.227. The van der Waals surface area contributed by atoms with Crippen LogP contribution in [0, 0.1) is 23.2 Å². The first-order valence-electron chi connectivity index (χ1n) is 7.02. The summed E-state index contributed by atoms with van der Waals surface area (Å²) < 4.78 is 39.3. The number of halogens is 3. The highest BCUT2D eigenvalue weighted by molar-refractivity contribution is 5.83. The number of aliphatic carboxylic acids is 1. The van der Waals surface area contributed by atoms with Crippen molar-refractivity contribution in [3.63, 3.8) is 0 Å². The van der Waals surface area contributed by atoms with Gasteiger partial charge in [0, 0.05) is 19.0 Å². The van der Waals surface area contributed by atoms with Gasteiger partial charge in [0.05, 0.1) is 0 Å². The van der Waals surface area contributed by atoms with Gasteiger partial charge in [-0.2, -0.15) is 13.2 Å². The molecule has 1 saturated heterocycles. The van der Waals surface area contributed by atoms with E-state index in [9.17, 15) is 22.8 Å². The molecule has 1 amide bonds. The van der Waals surface area contributed by atoms with Crippen molar-refractivity contribution in [1.29, 1.82) is 0 Å². The van der Waals surface area contributed by atoms with E-state index >= 15 is 0 Å². The Labute approximate surface area is 119 Å². The van der Waals surface area contributed by atoms with Crippen molar-refractivity contribution >= 4 is 11.9 Å². The fourth-order valence-electron chi connectivity index (χ4n) is 3.82. The standard InChI is InChI=1S/C14H16F3NO3/c15-14(16,17)13(12(20)21)3-4-18(7-13)11(19)10-6-8-1-2-9(10)5-8/h1-2,8-10H,3-7H2,(H,20,21)/t8-,9-,10+,13+/m0/s1. The third kappa shape index (κ3) is 2.05. The molecule has 0 aromatic rings. The van der Waals surface area contributed by atoms with Crippen LogP contribution in [0.5, 0.6) is 0 Å². The highest BCUT2D eigenvalue weighted by Crippen LogP contribution is 2.48. The monoisotopic (exact) mass is 303 g/mol. The van der Waals surface area contributed by atoms with Crippen LogP contribution in [0.1, 0.15) is 19.3 Å². The molecule has 2 fully saturated rings. The van der Waals surface area contributed by atoms with Crippen molar-refractivity contribution < 1.29 is 27.9 Å². The minimum absolute atomic E-state index is 0.105. The molecule has 0 spiro atoms. The number of hydrogen-bond acceptors (Lipinski definition) is 2. The highest BCUT2D eigenvalue weighted by Gasteiger charge is 2.64. The summed E-state index contributed by atoms with van der Waals surface area (Å²) in [6, 6.07) is 0. The molecule has 21 heavy (non-hydrogen) atoms. The Hall–Kier alpha value is -1.53. The Balaban J connectivity index is 1.76. The zero-order valence-electron chi connectivity index (χ0n) is 11.3. The predicted octanol–water partition coefficient (Wildman–Crippen LogP) is 2.06. The number of fused-ring (bicyclic) bond motifs is 2. The Morgan fingerprint density at radius 3 is 2.38 bits per heavy atom. The molecule has 2 aliphatic carbocycles. The van der Waals surface area contributed by atoms with Gasteiger partial charge in [-0.05, 0) is 31.1 Å². The van der Waals surface area contributed by atoms with Crippen molar-refractivity contribution in [1.82, 2.24) is 4.90 Å². The molecular formula is C14H16F3NO3. The van der Waals surface area contributed by atoms with Gasteiger partial charge >= 0.3 is 12.1 Å². The third-order valence-corrected chi connectivity index (χ3v) is 5.13. The first kappa shape index (κ1) is 14.4. The Morgan fingerprint density at radius 1 is 1.24 bits per heavy atom. The molecule has 4 nitrogen and oxygen atoms in total. The average Bonchev–Trinajstić information content (AvgIpc) is 3.11. The second-order valence-electron chi connectivity index (χ2n) is 6.28. The fourth-order valence-corrected chi connectivity index (χ4v) is 3.82. The van der Waals surface area contributed by atoms with Crippen molar-refractivity contribution in [3.05, 3.63) is 12.2 Å². The minimum Gasteiger partial charge on any atom is -0.481 e. The number of amides is 1. The van der Waals surface area contributed by atoms with Gasteiger partial charge in [-0.3, -0.25) is 9.59 Å². The summed E-state index contributed by atoms with van der Waals surface area (Å²) in [5.41, 5.74) is -2.81. The number of alkyl halides is 3. The number of nitrogens with zero attached hydrogens (tertiary/aromatic N) is 1. The van der Waals surface area contributed by atoms with E-state index in [-0.39, 0.29) is 24.3 Å². The molecule has 116 valence electrons. The zero-order valence-corrected chi connectivity index (χ0v) is 11.3. The summed E-state index contributed by atoms with van der Waals surface area (Å²) in [4.78, 5) is 24.6. The van der Waals surface area contributed by atoms with Crippen LogP contribution < -0.4 is 0 Å². The third-order valence-electron chi connectivity index (χ3n) is 5.13. The maximum atomic E-state index is 13.1. The molecule has 1 N–H and O–H groups in total. The topological polar surface area (TPSA) is 57.6 Å². The lowest BCUT2D eigenvalue weighted by Gasteiger charge is -2.29. The van der Waals surface area contributed by atoms with Gasteiger partial charge in [-0.15, -0.1) is 0 Å². The van der Waals surface area contributed by atoms with Crippen LogP contribution in [0.4, 0.5) is 13.2 Å². The number of carboxylic acids is 1. The summed E-state index contributed by atoms with van der Waals surface area (Å²) in [7, 11) is 0. The number of hydrogen-bond donors (Lipinski definition) is 1. The maximum Gasteiger partial charge on any atom is 0.406 e. The van der Waals surface area contributed by atoms with Crippen molar-refractivity contribution in [3.8, 4) is 0 Å². The summed E-state index contributed by atoms with van der Waals surface area (Å²) >= 11 is 0. The van der Waals surface area contributed by atoms with E-state index in [1.54, 1.807) is 0 Å². The Bertz CT molecular complexity index is 516. The van der Waals surface area contributed by atoms with E-state index in [0.29, 0.717) is 12.3 Å². The summed E-state index contributed by atoms with van der Waals surface area (Å²) in [5.74, 6) is -2.04. The number of carbonyl (C=O) groups is 2. The summed E-state index contributed by atoms with van der Waals surface area (Å²) in [6.45, 7) is -0.898. The van der Waals surface area contributed by atoms with E-state index < -0.39 is 30.5 Å². The largest absolute Gasteiger partial charge is 0.481 e. The number of allylic oxidation sites excluding steroid dienone is 2. The van der Waals surface area contributed by atoms with Crippen LogP contribution in [0.3, 0.4) is 0 Å². The molecule has 1 heterocycles. The van der Waals surface area contributed by atoms with Crippen LogP contribution in [0.15, 0.2) is 12.2 Å². The van der Waals surface area contributed by atoms with Crippen LogP contribution in [-0.2, 0) is 9.59 Å². The molecule has 4 atom stereocenters. The van der Waals surface area contributed by atoms with E-state index in [1.807, 2.05) is 6.08 Å². The maximum absolute atomic E-state index is 13.1. The minimum atomic E-state index is -4.84. The molecule has 7 heteroatoms. The predicted molar refractivity (Wildman–Crippen MR) is 66.2 cm³/mol. The second-order valence-corrected chi connectivity index (χ2v) is 6.28. The second kappa shape index (κ2) is 4.48. The Kier molecular flexibility index (Phi) is 3.07. The van der Waals surface area contributed by atoms with Crippen molar-refractivity contribution in [2.24, 2.45) is 23.2 Å². The summed E-state index contributed by atoms with van der Waals surface area (Å²) in [5, 5.41) is 9.00. The van der Waals surface area contributed by atoms with E-state index in [0.717, 1.165) is 11.3 Å². The molecule has 1 saturated carbocycles. The molecule has 0 unspecified atom stereocenters. The quantitative estimate of drug-likeness (QED) is 0.795. The van der Waals surface area contributed by atoms with Gasteiger partial charge in [-0.1, -0.05) is 12.2 Å². The lowest BCUT2D eigenvalue weighted by Crippen LogP contribution is -2.48. The van der Waals surface area contributed by atoms with Gasteiger partial charge in [0.1, 0.15) is 0 Å². The number of carboxylic acid groups (broad SMARTS) is 1. The van der Waals surface area contributed by atoms with Gasteiger partial charge in [0.2, 0.25) is 5.91 Å². The van der Waals surface area contributed by atoms with Gasteiger partial charge in [0.15, 0.2) is 5.41 Å². The van der Waals surface area contributed by atoms with Crippen molar-refractivity contribution in [2.75, 3.05) is 13.1 Å².